The molecule has 4 aliphatic rings. The molecule has 1 aromatic rings. The summed E-state index contributed by atoms with van der Waals surface area (Å²) in [5.41, 5.74) is 3.17. The Labute approximate surface area is 119 Å². The lowest BCUT2D eigenvalue weighted by molar-refractivity contribution is -0.0516. The highest BCUT2D eigenvalue weighted by molar-refractivity contribution is 7.09. The molecule has 0 aliphatic heterocycles. The van der Waals surface area contributed by atoms with Gasteiger partial charge in [-0.2, -0.15) is 0 Å². The summed E-state index contributed by atoms with van der Waals surface area (Å²) in [6.07, 6.45) is 8.60. The first-order valence-corrected chi connectivity index (χ1v) is 8.70. The number of nitrogens with one attached hydrogen (secondary N) is 1. The summed E-state index contributed by atoms with van der Waals surface area (Å²) in [7, 11) is 0. The van der Waals surface area contributed by atoms with Gasteiger partial charge in [0.05, 0.1) is 0 Å². The molecule has 3 N–H and O–H groups in total. The monoisotopic (exact) mass is 276 g/mol. The van der Waals surface area contributed by atoms with Gasteiger partial charge in [-0.15, -0.1) is 11.3 Å². The SMILES string of the molecule is NNC(Cc1cccs1)C1C2CC3CC(C2)CC1C3. The van der Waals surface area contributed by atoms with Gasteiger partial charge in [-0.25, -0.2) is 0 Å². The number of rotatable bonds is 4. The molecule has 0 amide bonds. The van der Waals surface area contributed by atoms with E-state index in [1.807, 2.05) is 11.3 Å². The van der Waals surface area contributed by atoms with Crippen LogP contribution in [-0.4, -0.2) is 6.04 Å². The summed E-state index contributed by atoms with van der Waals surface area (Å²) in [5.74, 6) is 10.8. The van der Waals surface area contributed by atoms with Gasteiger partial charge in [-0.1, -0.05) is 6.07 Å². The van der Waals surface area contributed by atoms with Crippen molar-refractivity contribution in [1.82, 2.24) is 5.43 Å². The molecule has 4 fully saturated rings. The van der Waals surface area contributed by atoms with Gasteiger partial charge in [-0.3, -0.25) is 11.3 Å². The normalized spacial score (nSPS) is 41.6. The topological polar surface area (TPSA) is 38.0 Å². The number of hydrogen-bond acceptors (Lipinski definition) is 3. The smallest absolute Gasteiger partial charge is 0.0292 e. The van der Waals surface area contributed by atoms with E-state index in [2.05, 4.69) is 22.9 Å². The molecule has 5 rings (SSSR count). The van der Waals surface area contributed by atoms with E-state index in [9.17, 15) is 0 Å². The Hall–Kier alpha value is -0.380. The summed E-state index contributed by atoms with van der Waals surface area (Å²) < 4.78 is 0. The van der Waals surface area contributed by atoms with E-state index >= 15 is 0 Å². The highest BCUT2D eigenvalue weighted by Gasteiger charge is 2.50. The van der Waals surface area contributed by atoms with Crippen molar-refractivity contribution in [1.29, 1.82) is 0 Å². The number of hydrazine groups is 1. The van der Waals surface area contributed by atoms with E-state index in [1.54, 1.807) is 0 Å². The van der Waals surface area contributed by atoms with Gasteiger partial charge in [0.15, 0.2) is 0 Å². The molecule has 104 valence electrons. The predicted molar refractivity (Wildman–Crippen MR) is 79.7 cm³/mol. The van der Waals surface area contributed by atoms with Crippen LogP contribution in [0, 0.1) is 29.6 Å². The third-order valence-corrected chi connectivity index (χ3v) is 6.88. The highest BCUT2D eigenvalue weighted by Crippen LogP contribution is 2.57. The lowest BCUT2D eigenvalue weighted by atomic mass is 9.50. The highest BCUT2D eigenvalue weighted by atomic mass is 32.1. The molecule has 1 heterocycles. The second kappa shape index (κ2) is 4.87. The van der Waals surface area contributed by atoms with Crippen LogP contribution in [0.4, 0.5) is 0 Å². The maximum Gasteiger partial charge on any atom is 0.0292 e. The van der Waals surface area contributed by atoms with Crippen molar-refractivity contribution in [2.75, 3.05) is 0 Å². The number of nitrogens with two attached hydrogens (primary N) is 1. The zero-order valence-electron chi connectivity index (χ0n) is 11.4. The van der Waals surface area contributed by atoms with Crippen molar-refractivity contribution >= 4 is 11.3 Å². The minimum absolute atomic E-state index is 0.494. The van der Waals surface area contributed by atoms with Crippen LogP contribution in [0.5, 0.6) is 0 Å². The molecule has 19 heavy (non-hydrogen) atoms. The number of hydrogen-bond donors (Lipinski definition) is 2. The van der Waals surface area contributed by atoms with Gasteiger partial charge in [0, 0.05) is 10.9 Å². The third-order valence-electron chi connectivity index (χ3n) is 5.98. The lowest BCUT2D eigenvalue weighted by Crippen LogP contribution is -2.55. The Morgan fingerprint density at radius 1 is 1.16 bits per heavy atom. The van der Waals surface area contributed by atoms with Gasteiger partial charge in [-0.05, 0) is 79.6 Å². The largest absolute Gasteiger partial charge is 0.271 e. The van der Waals surface area contributed by atoms with Gasteiger partial charge < -0.3 is 0 Å². The summed E-state index contributed by atoms with van der Waals surface area (Å²) in [6.45, 7) is 0. The third kappa shape index (κ3) is 2.16. The van der Waals surface area contributed by atoms with Gasteiger partial charge in [0.1, 0.15) is 0 Å². The first kappa shape index (κ1) is 12.4. The van der Waals surface area contributed by atoms with Crippen LogP contribution in [0.2, 0.25) is 0 Å². The predicted octanol–water partition coefficient (Wildman–Crippen LogP) is 3.19. The summed E-state index contributed by atoms with van der Waals surface area (Å²) >= 11 is 1.87. The van der Waals surface area contributed by atoms with Crippen molar-refractivity contribution in [2.45, 2.75) is 44.6 Å². The van der Waals surface area contributed by atoms with Crippen LogP contribution in [0.25, 0.3) is 0 Å². The summed E-state index contributed by atoms with van der Waals surface area (Å²) in [6, 6.07) is 4.91. The molecule has 0 spiro atoms. The Bertz CT molecular complexity index is 400. The fourth-order valence-corrected chi connectivity index (χ4v) is 6.34. The quantitative estimate of drug-likeness (QED) is 0.655. The van der Waals surface area contributed by atoms with E-state index in [0.717, 1.165) is 36.0 Å². The van der Waals surface area contributed by atoms with E-state index < -0.39 is 0 Å². The van der Waals surface area contributed by atoms with Crippen molar-refractivity contribution in [3.05, 3.63) is 22.4 Å². The Morgan fingerprint density at radius 2 is 1.84 bits per heavy atom. The van der Waals surface area contributed by atoms with Gasteiger partial charge >= 0.3 is 0 Å². The molecule has 0 aromatic carbocycles. The number of thiophene rings is 1. The van der Waals surface area contributed by atoms with Crippen LogP contribution in [0.15, 0.2) is 17.5 Å². The minimum atomic E-state index is 0.494. The zero-order valence-corrected chi connectivity index (χ0v) is 12.2. The maximum absolute atomic E-state index is 5.92. The Balaban J connectivity index is 1.53. The standard InChI is InChI=1S/C16H24N2S/c17-18-15(9-14-2-1-3-19-14)16-12-5-10-4-11(7-12)8-13(16)6-10/h1-3,10-13,15-16,18H,4-9,17H2. The molecule has 1 atom stereocenters. The average Bonchev–Trinajstić information content (AvgIpc) is 2.89. The molecule has 1 unspecified atom stereocenters. The molecular weight excluding hydrogens is 252 g/mol. The van der Waals surface area contributed by atoms with E-state index in [4.69, 9.17) is 5.84 Å². The molecule has 3 heteroatoms. The van der Waals surface area contributed by atoms with Crippen molar-refractivity contribution in [3.63, 3.8) is 0 Å². The van der Waals surface area contributed by atoms with E-state index in [1.165, 1.54) is 37.0 Å². The van der Waals surface area contributed by atoms with Crippen molar-refractivity contribution in [3.8, 4) is 0 Å². The Kier molecular flexibility index (Phi) is 3.17. The first-order valence-electron chi connectivity index (χ1n) is 7.82. The summed E-state index contributed by atoms with van der Waals surface area (Å²) in [4.78, 5) is 1.48. The van der Waals surface area contributed by atoms with Crippen molar-refractivity contribution in [2.24, 2.45) is 35.4 Å². The Morgan fingerprint density at radius 3 is 2.37 bits per heavy atom. The first-order chi connectivity index (χ1) is 9.33. The van der Waals surface area contributed by atoms with Crippen LogP contribution >= 0.6 is 11.3 Å². The molecular formula is C16H24N2S. The summed E-state index contributed by atoms with van der Waals surface area (Å²) in [5, 5.41) is 2.18. The molecule has 4 bridgehead atoms. The van der Waals surface area contributed by atoms with E-state index in [0.29, 0.717) is 6.04 Å². The average molecular weight is 276 g/mol. The maximum atomic E-state index is 5.92. The molecule has 4 aliphatic carbocycles. The molecule has 1 aromatic heterocycles. The fourth-order valence-electron chi connectivity index (χ4n) is 5.58. The van der Waals surface area contributed by atoms with Crippen LogP contribution in [-0.2, 0) is 6.42 Å². The van der Waals surface area contributed by atoms with Crippen LogP contribution in [0.1, 0.15) is 37.0 Å². The lowest BCUT2D eigenvalue weighted by Gasteiger charge is -2.56. The molecule has 2 nitrogen and oxygen atoms in total. The van der Waals surface area contributed by atoms with Crippen LogP contribution in [0.3, 0.4) is 0 Å². The molecule has 0 saturated heterocycles. The van der Waals surface area contributed by atoms with E-state index in [-0.39, 0.29) is 0 Å². The van der Waals surface area contributed by atoms with Gasteiger partial charge in [0.2, 0.25) is 0 Å². The zero-order chi connectivity index (χ0) is 12.8. The van der Waals surface area contributed by atoms with Gasteiger partial charge in [0.25, 0.3) is 0 Å². The van der Waals surface area contributed by atoms with Crippen LogP contribution < -0.4 is 11.3 Å². The fraction of sp³-hybridized carbons (Fsp3) is 0.750. The molecule has 4 saturated carbocycles. The second-order valence-electron chi connectivity index (χ2n) is 7.06. The second-order valence-corrected chi connectivity index (χ2v) is 8.10. The minimum Gasteiger partial charge on any atom is -0.271 e. The molecule has 0 radical (unpaired) electrons. The van der Waals surface area contributed by atoms with Crippen molar-refractivity contribution < 1.29 is 0 Å².